The van der Waals surface area contributed by atoms with Gasteiger partial charge in [0.1, 0.15) is 5.02 Å². The summed E-state index contributed by atoms with van der Waals surface area (Å²) in [6.07, 6.45) is 0.357. The molecule has 1 N–H and O–H groups in total. The van der Waals surface area contributed by atoms with Gasteiger partial charge in [0.25, 0.3) is 5.56 Å². The van der Waals surface area contributed by atoms with Crippen molar-refractivity contribution in [3.05, 3.63) is 66.2 Å². The molecule has 0 amide bonds. The van der Waals surface area contributed by atoms with Crippen LogP contribution >= 0.6 is 27.5 Å². The highest BCUT2D eigenvalue weighted by atomic mass is 79.9. The maximum absolute atomic E-state index is 12.7. The van der Waals surface area contributed by atoms with Gasteiger partial charge in [-0.2, -0.15) is 5.10 Å². The topological polar surface area (TPSA) is 112 Å². The molecule has 0 aliphatic heterocycles. The van der Waals surface area contributed by atoms with Crippen LogP contribution in [0.1, 0.15) is 19.4 Å². The number of methoxy groups -OCH3 is 1. The van der Waals surface area contributed by atoms with Crippen molar-refractivity contribution in [1.29, 1.82) is 0 Å². The van der Waals surface area contributed by atoms with Crippen LogP contribution in [-0.4, -0.2) is 41.7 Å². The van der Waals surface area contributed by atoms with Crippen LogP contribution < -0.4 is 20.7 Å². The van der Waals surface area contributed by atoms with Crippen molar-refractivity contribution in [3.63, 3.8) is 0 Å². The maximum Gasteiger partial charge on any atom is 0.349 e. The van der Waals surface area contributed by atoms with Crippen molar-refractivity contribution in [2.24, 2.45) is 5.10 Å². The van der Waals surface area contributed by atoms with Gasteiger partial charge < -0.3 is 19.2 Å². The Hall–Kier alpha value is -3.11. The third-order valence-corrected chi connectivity index (χ3v) is 5.82. The van der Waals surface area contributed by atoms with E-state index in [0.29, 0.717) is 32.2 Å². The molecule has 2 aromatic carbocycles. The maximum atomic E-state index is 12.7. The number of esters is 1. The van der Waals surface area contributed by atoms with Crippen molar-refractivity contribution in [2.45, 2.75) is 20.0 Å². The summed E-state index contributed by atoms with van der Waals surface area (Å²) in [6.45, 7) is 3.58. The Morgan fingerprint density at radius 3 is 2.75 bits per heavy atom. The summed E-state index contributed by atoms with van der Waals surface area (Å²) in [5.74, 6) is -0.200. The van der Waals surface area contributed by atoms with E-state index in [4.69, 9.17) is 21.1 Å². The first-order valence-electron chi connectivity index (χ1n) is 9.46. The fraction of sp³-hybridized carbons (Fsp3) is 0.238. The van der Waals surface area contributed by atoms with Crippen LogP contribution in [0.25, 0.3) is 10.9 Å². The first-order chi connectivity index (χ1) is 15.3. The van der Waals surface area contributed by atoms with Crippen LogP contribution in [0, 0.1) is 0 Å². The molecule has 9 nitrogen and oxygen atoms in total. The van der Waals surface area contributed by atoms with Crippen LogP contribution in [0.5, 0.6) is 11.5 Å². The fourth-order valence-corrected chi connectivity index (χ4v) is 3.48. The monoisotopic (exact) mass is 523 g/mol. The molecular formula is C21H19BrClN3O6. The van der Waals surface area contributed by atoms with Gasteiger partial charge in [0.15, 0.2) is 17.6 Å². The second kappa shape index (κ2) is 10.0. The summed E-state index contributed by atoms with van der Waals surface area (Å²) in [7, 11) is 1.25. The number of hydrogen-bond acceptors (Lipinski definition) is 7. The molecule has 11 heteroatoms. The molecule has 0 bridgehead atoms. The van der Waals surface area contributed by atoms with Crippen LogP contribution in [0.15, 0.2) is 49.5 Å². The van der Waals surface area contributed by atoms with Gasteiger partial charge in [-0.05, 0) is 48.0 Å². The van der Waals surface area contributed by atoms with Gasteiger partial charge in [-0.25, -0.2) is 9.59 Å². The number of hydrogen-bond donors (Lipinski definition) is 1. The smallest absolute Gasteiger partial charge is 0.349 e. The number of aromatic amines is 1. The number of benzene rings is 2. The molecule has 0 radical (unpaired) electrons. The Bertz CT molecular complexity index is 1320. The van der Waals surface area contributed by atoms with Gasteiger partial charge in [-0.15, -0.1) is 4.68 Å². The number of H-pyrrole nitrogens is 1. The molecule has 0 spiro atoms. The Labute approximate surface area is 195 Å². The summed E-state index contributed by atoms with van der Waals surface area (Å²) < 4.78 is 17.0. The van der Waals surface area contributed by atoms with Crippen molar-refractivity contribution >= 4 is 50.6 Å². The molecule has 0 saturated carbocycles. The number of halogens is 2. The summed E-state index contributed by atoms with van der Waals surface area (Å²) in [6, 6.07) is 8.18. The zero-order valence-electron chi connectivity index (χ0n) is 17.3. The van der Waals surface area contributed by atoms with Crippen molar-refractivity contribution < 1.29 is 19.0 Å². The Morgan fingerprint density at radius 1 is 1.34 bits per heavy atom. The molecule has 1 atom stereocenters. The van der Waals surface area contributed by atoms with Crippen molar-refractivity contribution in [1.82, 2.24) is 9.66 Å². The van der Waals surface area contributed by atoms with E-state index in [1.807, 2.05) is 0 Å². The Morgan fingerprint density at radius 2 is 2.06 bits per heavy atom. The van der Waals surface area contributed by atoms with Crippen molar-refractivity contribution in [2.75, 3.05) is 13.7 Å². The second-order valence-corrected chi connectivity index (χ2v) is 7.65. The van der Waals surface area contributed by atoms with Crippen LogP contribution in [0.2, 0.25) is 5.02 Å². The number of aromatic nitrogens is 2. The predicted molar refractivity (Wildman–Crippen MR) is 124 cm³/mol. The second-order valence-electron chi connectivity index (χ2n) is 6.47. The highest BCUT2D eigenvalue weighted by molar-refractivity contribution is 9.10. The van der Waals surface area contributed by atoms with Crippen molar-refractivity contribution in [3.8, 4) is 11.5 Å². The predicted octanol–water partition coefficient (Wildman–Crippen LogP) is 3.33. The van der Waals surface area contributed by atoms with Crippen LogP contribution in [-0.2, 0) is 9.53 Å². The number of fused-ring (bicyclic) bond motifs is 1. The lowest BCUT2D eigenvalue weighted by atomic mass is 10.2. The molecule has 0 unspecified atom stereocenters. The van der Waals surface area contributed by atoms with E-state index < -0.39 is 23.3 Å². The number of carbonyl (C=O) groups excluding carboxylic acids is 1. The quantitative estimate of drug-likeness (QED) is 0.375. The van der Waals surface area contributed by atoms with Crippen LogP contribution in [0.4, 0.5) is 0 Å². The Balaban J connectivity index is 2.07. The third-order valence-electron chi connectivity index (χ3n) is 4.38. The van der Waals surface area contributed by atoms with E-state index in [-0.39, 0.29) is 16.5 Å². The largest absolute Gasteiger partial charge is 0.490 e. The third kappa shape index (κ3) is 4.71. The van der Waals surface area contributed by atoms with E-state index >= 15 is 0 Å². The molecule has 0 aliphatic rings. The molecule has 0 saturated heterocycles. The lowest BCUT2D eigenvalue weighted by Crippen LogP contribution is -2.32. The lowest BCUT2D eigenvalue weighted by molar-refractivity contribution is -0.147. The zero-order chi connectivity index (χ0) is 23.4. The fourth-order valence-electron chi connectivity index (χ4n) is 2.84. The number of ether oxygens (including phenoxy) is 3. The zero-order valence-corrected chi connectivity index (χ0v) is 19.7. The first-order valence-corrected chi connectivity index (χ1v) is 10.6. The van der Waals surface area contributed by atoms with Crippen LogP contribution in [0.3, 0.4) is 0 Å². The van der Waals surface area contributed by atoms with Gasteiger partial charge in [-0.3, -0.25) is 4.79 Å². The lowest BCUT2D eigenvalue weighted by Gasteiger charge is -2.18. The molecule has 32 heavy (non-hydrogen) atoms. The number of para-hydroxylation sites is 1. The highest BCUT2D eigenvalue weighted by Gasteiger charge is 2.23. The van der Waals surface area contributed by atoms with E-state index in [0.717, 1.165) is 0 Å². The molecule has 168 valence electrons. The van der Waals surface area contributed by atoms with Gasteiger partial charge in [0.05, 0.1) is 30.8 Å². The summed E-state index contributed by atoms with van der Waals surface area (Å²) >= 11 is 9.81. The standard InChI is InChI=1S/C21H19BrClN3O6/c1-4-31-15-9-12(16(22)17(23)18(15)32-11(2)20(28)30-3)10-24-26-19(27)13-7-5-6-8-14(13)25-21(26)29/h5-11H,4H2,1-3H3,(H,25,29)/t11-/m0/s1. The summed E-state index contributed by atoms with van der Waals surface area (Å²) in [5.41, 5.74) is -0.433. The van der Waals surface area contributed by atoms with E-state index in [2.05, 4.69) is 30.8 Å². The number of rotatable bonds is 7. The molecule has 3 aromatic rings. The molecule has 3 rings (SSSR count). The molecule has 1 aromatic heterocycles. The number of carbonyl (C=O) groups is 1. The van der Waals surface area contributed by atoms with Gasteiger partial charge >= 0.3 is 11.7 Å². The average molecular weight is 525 g/mol. The van der Waals surface area contributed by atoms with E-state index in [1.54, 1.807) is 37.3 Å². The van der Waals surface area contributed by atoms with Gasteiger partial charge in [0, 0.05) is 10.0 Å². The number of nitrogens with one attached hydrogen (secondary N) is 1. The minimum Gasteiger partial charge on any atom is -0.490 e. The summed E-state index contributed by atoms with van der Waals surface area (Å²) in [5, 5.41) is 4.47. The highest BCUT2D eigenvalue weighted by Crippen LogP contribution is 2.42. The van der Waals surface area contributed by atoms with E-state index in [9.17, 15) is 14.4 Å². The minimum absolute atomic E-state index is 0.118. The molecule has 0 aliphatic carbocycles. The van der Waals surface area contributed by atoms with Gasteiger partial charge in [-0.1, -0.05) is 23.7 Å². The SMILES string of the molecule is CCOc1cc(C=Nn2c(=O)[nH]c3ccccc3c2=O)c(Br)c(Cl)c1O[C@@H](C)C(=O)OC. The minimum atomic E-state index is -0.933. The average Bonchev–Trinajstić information content (AvgIpc) is 2.78. The van der Waals surface area contributed by atoms with Gasteiger partial charge in [0.2, 0.25) is 0 Å². The summed E-state index contributed by atoms with van der Waals surface area (Å²) in [4.78, 5) is 39.3. The van der Waals surface area contributed by atoms with E-state index in [1.165, 1.54) is 20.2 Å². The Kier molecular flexibility index (Phi) is 7.37. The molecule has 1 heterocycles. The molecule has 0 fully saturated rings. The normalized spacial score (nSPS) is 12.2. The number of nitrogens with zero attached hydrogens (tertiary/aromatic N) is 2. The first kappa shape index (κ1) is 23.6. The molecular weight excluding hydrogens is 506 g/mol.